The number of hydrogen-bond donors (Lipinski definition) is 0. The Morgan fingerprint density at radius 2 is 2.40 bits per heavy atom. The van der Waals surface area contributed by atoms with Crippen LogP contribution >= 0.6 is 11.6 Å². The summed E-state index contributed by atoms with van der Waals surface area (Å²) >= 11 is 5.03. The van der Waals surface area contributed by atoms with Crippen LogP contribution in [0.15, 0.2) is 12.2 Å². The van der Waals surface area contributed by atoms with Gasteiger partial charge in [-0.05, 0) is 12.8 Å². The van der Waals surface area contributed by atoms with Gasteiger partial charge in [-0.3, -0.25) is 0 Å². The van der Waals surface area contributed by atoms with E-state index >= 15 is 0 Å². The Bertz CT molecular complexity index is 154. The fraction of sp³-hybridized carbons (Fsp3) is 0.571. The van der Waals surface area contributed by atoms with Crippen molar-refractivity contribution in [1.82, 2.24) is 0 Å². The molecule has 3 heteroatoms. The molecule has 0 spiro atoms. The van der Waals surface area contributed by atoms with E-state index in [-0.39, 0.29) is 6.10 Å². The molecule has 0 aromatic heterocycles. The van der Waals surface area contributed by atoms with E-state index in [1.165, 1.54) is 0 Å². The van der Waals surface area contributed by atoms with E-state index in [4.69, 9.17) is 16.3 Å². The van der Waals surface area contributed by atoms with Crippen LogP contribution in [-0.2, 0) is 4.74 Å². The van der Waals surface area contributed by atoms with Crippen LogP contribution in [-0.4, -0.2) is 11.5 Å². The molecule has 0 saturated heterocycles. The van der Waals surface area contributed by atoms with Gasteiger partial charge in [0.15, 0.2) is 0 Å². The molecule has 1 unspecified atom stereocenters. The monoisotopic (exact) mass is 160 g/mol. The maximum atomic E-state index is 10.2. The summed E-state index contributed by atoms with van der Waals surface area (Å²) in [5, 5.41) is 0. The fourth-order valence-electron chi connectivity index (χ4n) is 1.00. The normalized spacial score (nSPS) is 24.3. The summed E-state index contributed by atoms with van der Waals surface area (Å²) in [4.78, 5) is 10.2. The summed E-state index contributed by atoms with van der Waals surface area (Å²) < 4.78 is 4.77. The summed E-state index contributed by atoms with van der Waals surface area (Å²) in [6.45, 7) is 0. The molecule has 0 aliphatic heterocycles. The molecule has 56 valence electrons. The fourth-order valence-corrected chi connectivity index (χ4v) is 1.13. The molecular weight excluding hydrogens is 152 g/mol. The predicted molar refractivity (Wildman–Crippen MR) is 39.1 cm³/mol. The van der Waals surface area contributed by atoms with Crippen molar-refractivity contribution in [2.75, 3.05) is 0 Å². The minimum absolute atomic E-state index is 0.00926. The minimum Gasteiger partial charge on any atom is -0.450 e. The minimum atomic E-state index is -0.694. The van der Waals surface area contributed by atoms with E-state index in [2.05, 4.69) is 6.08 Å². The van der Waals surface area contributed by atoms with Gasteiger partial charge in [-0.2, -0.15) is 0 Å². The van der Waals surface area contributed by atoms with Crippen molar-refractivity contribution < 1.29 is 9.53 Å². The molecule has 0 bridgehead atoms. The van der Waals surface area contributed by atoms with Crippen LogP contribution in [0.3, 0.4) is 0 Å². The molecule has 0 aromatic carbocycles. The first-order chi connectivity index (χ1) is 4.79. The van der Waals surface area contributed by atoms with Gasteiger partial charge in [0, 0.05) is 18.0 Å². The van der Waals surface area contributed by atoms with Gasteiger partial charge in [-0.15, -0.1) is 0 Å². The van der Waals surface area contributed by atoms with Gasteiger partial charge in [0.2, 0.25) is 0 Å². The highest BCUT2D eigenvalue weighted by atomic mass is 35.5. The molecule has 1 atom stereocenters. The van der Waals surface area contributed by atoms with Gasteiger partial charge in [-0.1, -0.05) is 12.2 Å². The highest BCUT2D eigenvalue weighted by Gasteiger charge is 2.12. The van der Waals surface area contributed by atoms with Crippen molar-refractivity contribution in [2.45, 2.75) is 25.4 Å². The summed E-state index contributed by atoms with van der Waals surface area (Å²) in [6.07, 6.45) is 6.78. The number of rotatable bonds is 1. The Morgan fingerprint density at radius 3 is 2.90 bits per heavy atom. The molecule has 1 aliphatic rings. The SMILES string of the molecule is O=C(Cl)OC1CC=CCC1. The number of carbonyl (C=O) groups is 1. The van der Waals surface area contributed by atoms with Crippen molar-refractivity contribution in [3.63, 3.8) is 0 Å². The molecule has 0 N–H and O–H groups in total. The zero-order chi connectivity index (χ0) is 7.40. The van der Waals surface area contributed by atoms with Crippen LogP contribution in [0.25, 0.3) is 0 Å². The Kier molecular flexibility index (Phi) is 2.75. The molecule has 0 fully saturated rings. The third-order valence-corrected chi connectivity index (χ3v) is 1.57. The molecule has 1 aliphatic carbocycles. The van der Waals surface area contributed by atoms with E-state index in [9.17, 15) is 4.79 Å². The molecule has 0 amide bonds. The van der Waals surface area contributed by atoms with Crippen molar-refractivity contribution in [1.29, 1.82) is 0 Å². The molecular formula is C7H9ClO2. The largest absolute Gasteiger partial charge is 0.450 e. The molecule has 0 radical (unpaired) electrons. The van der Waals surface area contributed by atoms with Crippen molar-refractivity contribution in [3.8, 4) is 0 Å². The van der Waals surface area contributed by atoms with Gasteiger partial charge in [0.05, 0.1) is 0 Å². The second kappa shape index (κ2) is 3.62. The van der Waals surface area contributed by atoms with Crippen LogP contribution in [0.1, 0.15) is 19.3 Å². The second-order valence-electron chi connectivity index (χ2n) is 2.26. The van der Waals surface area contributed by atoms with E-state index in [1.54, 1.807) is 0 Å². The lowest BCUT2D eigenvalue weighted by atomic mass is 10.1. The number of carbonyl (C=O) groups excluding carboxylic acids is 1. The molecule has 0 saturated carbocycles. The Morgan fingerprint density at radius 1 is 1.60 bits per heavy atom. The summed E-state index contributed by atoms with van der Waals surface area (Å²) in [6, 6.07) is 0. The van der Waals surface area contributed by atoms with Crippen LogP contribution in [0.5, 0.6) is 0 Å². The van der Waals surface area contributed by atoms with Crippen LogP contribution in [0.2, 0.25) is 0 Å². The Balaban J connectivity index is 2.28. The Labute approximate surface area is 64.8 Å². The summed E-state index contributed by atoms with van der Waals surface area (Å²) in [5.74, 6) is 0. The first-order valence-corrected chi connectivity index (χ1v) is 3.68. The molecule has 2 nitrogen and oxygen atoms in total. The van der Waals surface area contributed by atoms with Crippen LogP contribution in [0, 0.1) is 0 Å². The number of halogens is 1. The summed E-state index contributed by atoms with van der Waals surface area (Å²) in [5.41, 5.74) is -0.694. The lowest BCUT2D eigenvalue weighted by Gasteiger charge is -2.15. The van der Waals surface area contributed by atoms with Gasteiger partial charge >= 0.3 is 5.43 Å². The van der Waals surface area contributed by atoms with Crippen LogP contribution in [0.4, 0.5) is 4.79 Å². The first kappa shape index (κ1) is 7.61. The maximum Gasteiger partial charge on any atom is 0.404 e. The van der Waals surface area contributed by atoms with E-state index in [0.717, 1.165) is 19.3 Å². The van der Waals surface area contributed by atoms with E-state index < -0.39 is 5.43 Å². The average molecular weight is 161 g/mol. The Hall–Kier alpha value is -0.500. The topological polar surface area (TPSA) is 26.3 Å². The molecule has 1 rings (SSSR count). The lowest BCUT2D eigenvalue weighted by Crippen LogP contribution is -2.15. The number of ether oxygens (including phenoxy) is 1. The first-order valence-electron chi connectivity index (χ1n) is 3.30. The smallest absolute Gasteiger partial charge is 0.404 e. The molecule has 0 aromatic rings. The lowest BCUT2D eigenvalue weighted by molar-refractivity contribution is 0.115. The third kappa shape index (κ3) is 2.40. The zero-order valence-corrected chi connectivity index (χ0v) is 6.30. The number of hydrogen-bond acceptors (Lipinski definition) is 2. The van der Waals surface area contributed by atoms with Crippen molar-refractivity contribution in [3.05, 3.63) is 12.2 Å². The van der Waals surface area contributed by atoms with Gasteiger partial charge in [0.1, 0.15) is 6.10 Å². The molecule has 0 heterocycles. The average Bonchev–Trinajstić information content (AvgIpc) is 1.88. The third-order valence-electron chi connectivity index (χ3n) is 1.48. The van der Waals surface area contributed by atoms with E-state index in [0.29, 0.717) is 0 Å². The van der Waals surface area contributed by atoms with Gasteiger partial charge in [-0.25, -0.2) is 4.79 Å². The zero-order valence-electron chi connectivity index (χ0n) is 5.55. The number of allylic oxidation sites excluding steroid dienone is 1. The second-order valence-corrected chi connectivity index (χ2v) is 2.57. The van der Waals surface area contributed by atoms with Crippen LogP contribution < -0.4 is 0 Å². The quantitative estimate of drug-likeness (QED) is 0.435. The molecule has 10 heavy (non-hydrogen) atoms. The highest BCUT2D eigenvalue weighted by molar-refractivity contribution is 6.61. The van der Waals surface area contributed by atoms with Crippen molar-refractivity contribution >= 4 is 17.0 Å². The highest BCUT2D eigenvalue weighted by Crippen LogP contribution is 2.14. The van der Waals surface area contributed by atoms with Crippen molar-refractivity contribution in [2.24, 2.45) is 0 Å². The maximum absolute atomic E-state index is 10.2. The summed E-state index contributed by atoms with van der Waals surface area (Å²) in [7, 11) is 0. The van der Waals surface area contributed by atoms with Gasteiger partial charge < -0.3 is 4.74 Å². The van der Waals surface area contributed by atoms with E-state index in [1.807, 2.05) is 6.08 Å². The standard InChI is InChI=1S/C7H9ClO2/c8-7(9)10-6-4-2-1-3-5-6/h1-2,6H,3-5H2. The van der Waals surface area contributed by atoms with Gasteiger partial charge in [0.25, 0.3) is 0 Å². The predicted octanol–water partition coefficient (Wildman–Crippen LogP) is 2.47.